The molecule has 0 spiro atoms. The maximum Gasteiger partial charge on any atom is 0.0701 e. The molecule has 0 atom stereocenters. The molecule has 0 aliphatic rings. The van der Waals surface area contributed by atoms with Crippen molar-refractivity contribution in [2.45, 2.75) is 20.0 Å². The van der Waals surface area contributed by atoms with E-state index in [9.17, 15) is 0 Å². The second-order valence-electron chi connectivity index (χ2n) is 2.69. The van der Waals surface area contributed by atoms with E-state index in [0.717, 1.165) is 0 Å². The molecule has 0 aliphatic carbocycles. The molecule has 82 valence electrons. The van der Waals surface area contributed by atoms with Crippen molar-refractivity contribution in [1.82, 2.24) is 0 Å². The summed E-state index contributed by atoms with van der Waals surface area (Å²) in [6.07, 6.45) is -0.167. The molecule has 1 N–H and O–H groups in total. The monoisotopic (exact) mass is 194 g/mol. The first-order valence-corrected chi connectivity index (χ1v) is 4.38. The molecule has 0 aromatic heterocycles. The van der Waals surface area contributed by atoms with Gasteiger partial charge in [-0.2, -0.15) is 0 Å². The molecule has 0 radical (unpaired) electrons. The van der Waals surface area contributed by atoms with Gasteiger partial charge in [-0.3, -0.25) is 0 Å². The number of hydrogen-bond acceptors (Lipinski definition) is 4. The van der Waals surface area contributed by atoms with E-state index in [1.54, 1.807) is 28.1 Å². The second kappa shape index (κ2) is 14.4. The molecule has 0 aromatic rings. The number of aliphatic hydroxyl groups excluding tert-OH is 1. The summed E-state index contributed by atoms with van der Waals surface area (Å²) in [5.41, 5.74) is 0. The second-order valence-corrected chi connectivity index (χ2v) is 2.69. The molecule has 0 unspecified atom stereocenters. The van der Waals surface area contributed by atoms with Crippen LogP contribution in [0.3, 0.4) is 0 Å². The van der Waals surface area contributed by atoms with Gasteiger partial charge in [-0.25, -0.2) is 0 Å². The number of methoxy groups -OCH3 is 2. The minimum Gasteiger partial charge on any atom is -0.394 e. The normalized spacial score (nSPS) is 9.69. The quantitative estimate of drug-likeness (QED) is 0.632. The Morgan fingerprint density at radius 1 is 0.923 bits per heavy atom. The fraction of sp³-hybridized carbons (Fsp3) is 1.00. The van der Waals surface area contributed by atoms with Crippen LogP contribution in [0.15, 0.2) is 0 Å². The lowest BCUT2D eigenvalue weighted by molar-refractivity contribution is 0.0385. The predicted molar refractivity (Wildman–Crippen MR) is 51.9 cm³/mol. The maximum absolute atomic E-state index is 8.06. The molecule has 13 heavy (non-hydrogen) atoms. The molecule has 0 rings (SSSR count). The zero-order chi connectivity index (χ0) is 10.5. The SMILES string of the molecule is CC(C)O.COCCOCCOC. The largest absolute Gasteiger partial charge is 0.394 e. The lowest BCUT2D eigenvalue weighted by Crippen LogP contribution is -2.06. The van der Waals surface area contributed by atoms with E-state index in [1.165, 1.54) is 0 Å². The Kier molecular flexibility index (Phi) is 16.9. The fourth-order valence-corrected chi connectivity index (χ4v) is 0.387. The third kappa shape index (κ3) is 33.6. The Hall–Kier alpha value is -0.160. The Bertz CT molecular complexity index is 67.3. The highest BCUT2D eigenvalue weighted by molar-refractivity contribution is 4.28. The fourth-order valence-electron chi connectivity index (χ4n) is 0.387. The summed E-state index contributed by atoms with van der Waals surface area (Å²) in [6, 6.07) is 0. The summed E-state index contributed by atoms with van der Waals surface area (Å²) in [5.74, 6) is 0. The van der Waals surface area contributed by atoms with Crippen LogP contribution in [0, 0.1) is 0 Å². The van der Waals surface area contributed by atoms with Crippen molar-refractivity contribution in [3.05, 3.63) is 0 Å². The van der Waals surface area contributed by atoms with Crippen LogP contribution in [0.25, 0.3) is 0 Å². The van der Waals surface area contributed by atoms with E-state index in [-0.39, 0.29) is 6.10 Å². The van der Waals surface area contributed by atoms with Crippen LogP contribution in [0.2, 0.25) is 0 Å². The highest BCUT2D eigenvalue weighted by Gasteiger charge is 1.84. The minimum absolute atomic E-state index is 0.167. The topological polar surface area (TPSA) is 47.9 Å². The first-order chi connectivity index (χ1) is 6.15. The summed E-state index contributed by atoms with van der Waals surface area (Å²) in [6.45, 7) is 6.06. The highest BCUT2D eigenvalue weighted by atomic mass is 16.5. The average Bonchev–Trinajstić information content (AvgIpc) is 2.03. The van der Waals surface area contributed by atoms with Gasteiger partial charge in [-0.1, -0.05) is 0 Å². The number of ether oxygens (including phenoxy) is 3. The minimum atomic E-state index is -0.167. The molecule has 0 fully saturated rings. The predicted octanol–water partition coefficient (Wildman–Crippen LogP) is 0.683. The van der Waals surface area contributed by atoms with Crippen LogP contribution in [-0.4, -0.2) is 51.9 Å². The molecule has 0 bridgehead atoms. The maximum atomic E-state index is 8.06. The molecule has 0 saturated carbocycles. The van der Waals surface area contributed by atoms with Crippen molar-refractivity contribution in [3.63, 3.8) is 0 Å². The van der Waals surface area contributed by atoms with E-state index in [2.05, 4.69) is 0 Å². The molecule has 0 saturated heterocycles. The van der Waals surface area contributed by atoms with Crippen LogP contribution in [0.5, 0.6) is 0 Å². The average molecular weight is 194 g/mol. The molecular weight excluding hydrogens is 172 g/mol. The highest BCUT2D eigenvalue weighted by Crippen LogP contribution is 1.75. The smallest absolute Gasteiger partial charge is 0.0701 e. The van der Waals surface area contributed by atoms with Gasteiger partial charge in [-0.15, -0.1) is 0 Å². The lowest BCUT2D eigenvalue weighted by atomic mass is 10.5. The molecule has 0 heterocycles. The molecule has 0 aliphatic heterocycles. The van der Waals surface area contributed by atoms with Crippen molar-refractivity contribution in [2.75, 3.05) is 40.6 Å². The summed E-state index contributed by atoms with van der Waals surface area (Å²) >= 11 is 0. The van der Waals surface area contributed by atoms with E-state index in [0.29, 0.717) is 26.4 Å². The van der Waals surface area contributed by atoms with Gasteiger partial charge in [0.25, 0.3) is 0 Å². The number of rotatable bonds is 6. The third-order valence-electron chi connectivity index (χ3n) is 0.864. The van der Waals surface area contributed by atoms with Crippen LogP contribution < -0.4 is 0 Å². The van der Waals surface area contributed by atoms with Gasteiger partial charge in [0.2, 0.25) is 0 Å². The number of aliphatic hydroxyl groups is 1. The van der Waals surface area contributed by atoms with Gasteiger partial charge < -0.3 is 19.3 Å². The first kappa shape index (κ1) is 15.3. The molecule has 4 nitrogen and oxygen atoms in total. The van der Waals surface area contributed by atoms with E-state index in [4.69, 9.17) is 19.3 Å². The van der Waals surface area contributed by atoms with Crippen molar-refractivity contribution >= 4 is 0 Å². The van der Waals surface area contributed by atoms with E-state index in [1.807, 2.05) is 0 Å². The third-order valence-corrected chi connectivity index (χ3v) is 0.864. The van der Waals surface area contributed by atoms with Crippen molar-refractivity contribution < 1.29 is 19.3 Å². The standard InChI is InChI=1S/C6H14O3.C3H8O/c1-7-3-5-9-6-4-8-2;1-3(2)4/h3-6H2,1-2H3;3-4H,1-2H3. The summed E-state index contributed by atoms with van der Waals surface area (Å²) in [5, 5.41) is 8.06. The van der Waals surface area contributed by atoms with Gasteiger partial charge in [0, 0.05) is 20.3 Å². The lowest BCUT2D eigenvalue weighted by Gasteiger charge is -2.00. The van der Waals surface area contributed by atoms with Crippen molar-refractivity contribution in [2.24, 2.45) is 0 Å². The molecule has 4 heteroatoms. The van der Waals surface area contributed by atoms with Crippen molar-refractivity contribution in [3.8, 4) is 0 Å². The summed E-state index contributed by atoms with van der Waals surface area (Å²) in [7, 11) is 3.30. The summed E-state index contributed by atoms with van der Waals surface area (Å²) < 4.78 is 14.6. The van der Waals surface area contributed by atoms with Gasteiger partial charge in [0.1, 0.15) is 0 Å². The summed E-state index contributed by atoms with van der Waals surface area (Å²) in [4.78, 5) is 0. The Labute approximate surface area is 80.8 Å². The first-order valence-electron chi connectivity index (χ1n) is 4.38. The van der Waals surface area contributed by atoms with Gasteiger partial charge >= 0.3 is 0 Å². The number of hydrogen-bond donors (Lipinski definition) is 1. The van der Waals surface area contributed by atoms with Crippen LogP contribution in [-0.2, 0) is 14.2 Å². The van der Waals surface area contributed by atoms with Gasteiger partial charge in [-0.05, 0) is 13.8 Å². The molecular formula is C9H22O4. The van der Waals surface area contributed by atoms with Gasteiger partial charge in [0.05, 0.1) is 26.4 Å². The zero-order valence-corrected chi connectivity index (χ0v) is 9.08. The Morgan fingerprint density at radius 2 is 1.23 bits per heavy atom. The molecule has 0 aromatic carbocycles. The van der Waals surface area contributed by atoms with Gasteiger partial charge in [0.15, 0.2) is 0 Å². The zero-order valence-electron chi connectivity index (χ0n) is 9.08. The Morgan fingerprint density at radius 3 is 1.46 bits per heavy atom. The van der Waals surface area contributed by atoms with Crippen LogP contribution in [0.1, 0.15) is 13.8 Å². The van der Waals surface area contributed by atoms with Crippen LogP contribution >= 0.6 is 0 Å². The van der Waals surface area contributed by atoms with Crippen molar-refractivity contribution in [1.29, 1.82) is 0 Å². The Balaban J connectivity index is 0. The van der Waals surface area contributed by atoms with E-state index < -0.39 is 0 Å². The molecule has 0 amide bonds. The van der Waals surface area contributed by atoms with E-state index >= 15 is 0 Å². The van der Waals surface area contributed by atoms with Crippen LogP contribution in [0.4, 0.5) is 0 Å².